The Labute approximate surface area is 158 Å². The summed E-state index contributed by atoms with van der Waals surface area (Å²) in [6.45, 7) is 0.345. The second-order valence-corrected chi connectivity index (χ2v) is 6.70. The van der Waals surface area contributed by atoms with E-state index in [1.54, 1.807) is 27.4 Å². The van der Waals surface area contributed by atoms with Gasteiger partial charge in [-0.3, -0.25) is 4.79 Å². The van der Waals surface area contributed by atoms with Gasteiger partial charge in [-0.1, -0.05) is 23.7 Å². The molecule has 0 radical (unpaired) electrons. The zero-order valence-corrected chi connectivity index (χ0v) is 15.9. The second-order valence-electron chi connectivity index (χ2n) is 6.27. The van der Waals surface area contributed by atoms with Gasteiger partial charge in [0.25, 0.3) is 0 Å². The number of ether oxygens (including phenoxy) is 3. The van der Waals surface area contributed by atoms with Crippen molar-refractivity contribution in [3.63, 3.8) is 0 Å². The number of nitrogens with one attached hydrogen (secondary N) is 1. The van der Waals surface area contributed by atoms with Gasteiger partial charge < -0.3 is 19.5 Å². The Bertz CT molecular complexity index is 800. The fourth-order valence-corrected chi connectivity index (χ4v) is 3.31. The average molecular weight is 376 g/mol. The number of benzene rings is 2. The highest BCUT2D eigenvalue weighted by molar-refractivity contribution is 6.30. The van der Waals surface area contributed by atoms with Crippen LogP contribution in [0, 0.1) is 0 Å². The molecule has 1 fully saturated rings. The fraction of sp³-hybridized carbons (Fsp3) is 0.350. The largest absolute Gasteiger partial charge is 0.493 e. The highest BCUT2D eigenvalue weighted by Gasteiger charge is 2.51. The average Bonchev–Trinajstić information content (AvgIpc) is 3.47. The summed E-state index contributed by atoms with van der Waals surface area (Å²) in [5.74, 6) is 1.67. The van der Waals surface area contributed by atoms with E-state index in [-0.39, 0.29) is 5.91 Å². The quantitative estimate of drug-likeness (QED) is 0.801. The maximum Gasteiger partial charge on any atom is 0.230 e. The van der Waals surface area contributed by atoms with Crippen molar-refractivity contribution in [2.75, 3.05) is 21.3 Å². The molecule has 26 heavy (non-hydrogen) atoms. The van der Waals surface area contributed by atoms with Crippen molar-refractivity contribution in [2.45, 2.75) is 24.8 Å². The van der Waals surface area contributed by atoms with Crippen LogP contribution in [-0.2, 0) is 16.8 Å². The zero-order valence-electron chi connectivity index (χ0n) is 15.1. The Morgan fingerprint density at radius 3 is 2.19 bits per heavy atom. The molecular weight excluding hydrogens is 354 g/mol. The lowest BCUT2D eigenvalue weighted by atomic mass is 9.95. The van der Waals surface area contributed by atoms with Gasteiger partial charge in [0.1, 0.15) is 0 Å². The molecule has 2 aromatic carbocycles. The number of halogens is 1. The molecular formula is C20H22ClNO4. The molecule has 0 unspecified atom stereocenters. The van der Waals surface area contributed by atoms with Gasteiger partial charge in [0.15, 0.2) is 11.5 Å². The lowest BCUT2D eigenvalue weighted by Crippen LogP contribution is -2.34. The van der Waals surface area contributed by atoms with Gasteiger partial charge in [0, 0.05) is 17.1 Å². The zero-order chi connectivity index (χ0) is 18.7. The van der Waals surface area contributed by atoms with Crippen molar-refractivity contribution < 1.29 is 19.0 Å². The molecule has 5 nitrogen and oxygen atoms in total. The van der Waals surface area contributed by atoms with Gasteiger partial charge in [-0.15, -0.1) is 0 Å². The van der Waals surface area contributed by atoms with E-state index in [2.05, 4.69) is 5.32 Å². The normalized spacial score (nSPS) is 14.5. The summed E-state index contributed by atoms with van der Waals surface area (Å²) in [7, 11) is 4.70. The number of carbonyl (C=O) groups is 1. The molecule has 2 aromatic rings. The van der Waals surface area contributed by atoms with Crippen molar-refractivity contribution >= 4 is 17.5 Å². The molecule has 1 N–H and O–H groups in total. The van der Waals surface area contributed by atoms with E-state index in [0.717, 1.165) is 24.0 Å². The SMILES string of the molecule is COc1ccc(CNC(=O)C2(c3ccc(Cl)cc3)CC2)c(OC)c1OC. The van der Waals surface area contributed by atoms with Crippen LogP contribution >= 0.6 is 11.6 Å². The van der Waals surface area contributed by atoms with Crippen LogP contribution in [-0.4, -0.2) is 27.2 Å². The molecule has 6 heteroatoms. The van der Waals surface area contributed by atoms with Gasteiger partial charge in [-0.2, -0.15) is 0 Å². The van der Waals surface area contributed by atoms with E-state index >= 15 is 0 Å². The predicted molar refractivity (Wildman–Crippen MR) is 100 cm³/mol. The first-order valence-corrected chi connectivity index (χ1v) is 8.75. The van der Waals surface area contributed by atoms with E-state index in [1.807, 2.05) is 30.3 Å². The molecule has 1 aliphatic carbocycles. The molecule has 0 heterocycles. The highest BCUT2D eigenvalue weighted by Crippen LogP contribution is 2.48. The van der Waals surface area contributed by atoms with Gasteiger partial charge in [-0.05, 0) is 42.7 Å². The topological polar surface area (TPSA) is 56.8 Å². The fourth-order valence-electron chi connectivity index (χ4n) is 3.19. The third-order valence-corrected chi connectivity index (χ3v) is 5.06. The lowest BCUT2D eigenvalue weighted by Gasteiger charge is -2.18. The summed E-state index contributed by atoms with van der Waals surface area (Å²) < 4.78 is 16.1. The van der Waals surface area contributed by atoms with Crippen LogP contribution in [0.5, 0.6) is 17.2 Å². The van der Waals surface area contributed by atoms with Gasteiger partial charge in [0.05, 0.1) is 26.7 Å². The molecule has 0 bridgehead atoms. The number of methoxy groups -OCH3 is 3. The Hall–Kier alpha value is -2.40. The summed E-state index contributed by atoms with van der Waals surface area (Å²) in [4.78, 5) is 12.8. The van der Waals surface area contributed by atoms with Crippen LogP contribution in [0.2, 0.25) is 5.02 Å². The predicted octanol–water partition coefficient (Wildman–Crippen LogP) is 3.71. The van der Waals surface area contributed by atoms with Gasteiger partial charge in [0.2, 0.25) is 11.7 Å². The first-order valence-electron chi connectivity index (χ1n) is 8.38. The summed E-state index contributed by atoms with van der Waals surface area (Å²) in [5.41, 5.74) is 1.37. The number of carbonyl (C=O) groups excluding carboxylic acids is 1. The van der Waals surface area contributed by atoms with Crippen LogP contribution < -0.4 is 19.5 Å². The van der Waals surface area contributed by atoms with E-state index in [0.29, 0.717) is 28.8 Å². The Morgan fingerprint density at radius 1 is 1.00 bits per heavy atom. The minimum atomic E-state index is -0.450. The van der Waals surface area contributed by atoms with Crippen molar-refractivity contribution in [3.8, 4) is 17.2 Å². The van der Waals surface area contributed by atoms with E-state index in [9.17, 15) is 4.79 Å². The van der Waals surface area contributed by atoms with Crippen LogP contribution in [0.3, 0.4) is 0 Å². The van der Waals surface area contributed by atoms with E-state index in [4.69, 9.17) is 25.8 Å². The lowest BCUT2D eigenvalue weighted by molar-refractivity contribution is -0.123. The molecule has 0 spiro atoms. The summed E-state index contributed by atoms with van der Waals surface area (Å²) in [6.07, 6.45) is 1.67. The molecule has 138 valence electrons. The Balaban J connectivity index is 1.77. The Kier molecular flexibility index (Phi) is 5.28. The molecule has 1 saturated carbocycles. The standard InChI is InChI=1S/C20H22ClNO4/c1-24-16-9-4-13(17(25-2)18(16)26-3)12-22-19(23)20(10-11-20)14-5-7-15(21)8-6-14/h4-9H,10-12H2,1-3H3,(H,22,23). The molecule has 0 atom stereocenters. The second kappa shape index (κ2) is 7.46. The third kappa shape index (κ3) is 3.31. The summed E-state index contributed by atoms with van der Waals surface area (Å²) in [5, 5.41) is 3.70. The number of amides is 1. The molecule has 1 amide bonds. The number of hydrogen-bond donors (Lipinski definition) is 1. The first kappa shape index (κ1) is 18.4. The molecule has 0 saturated heterocycles. The van der Waals surface area contributed by atoms with Crippen molar-refractivity contribution in [1.82, 2.24) is 5.32 Å². The maximum absolute atomic E-state index is 12.8. The maximum atomic E-state index is 12.8. The van der Waals surface area contributed by atoms with Gasteiger partial charge >= 0.3 is 0 Å². The van der Waals surface area contributed by atoms with Crippen molar-refractivity contribution in [2.24, 2.45) is 0 Å². The number of rotatable bonds is 7. The number of hydrogen-bond acceptors (Lipinski definition) is 4. The molecule has 1 aliphatic rings. The molecule has 0 aromatic heterocycles. The molecule has 3 rings (SSSR count). The third-order valence-electron chi connectivity index (χ3n) is 4.81. The van der Waals surface area contributed by atoms with Crippen LogP contribution in [0.15, 0.2) is 36.4 Å². The minimum absolute atomic E-state index is 0.0108. The van der Waals surface area contributed by atoms with E-state index in [1.165, 1.54) is 0 Å². The van der Waals surface area contributed by atoms with Crippen LogP contribution in [0.4, 0.5) is 0 Å². The summed E-state index contributed by atoms with van der Waals surface area (Å²) in [6, 6.07) is 11.2. The first-order chi connectivity index (χ1) is 12.6. The summed E-state index contributed by atoms with van der Waals surface area (Å²) >= 11 is 5.95. The van der Waals surface area contributed by atoms with Crippen molar-refractivity contribution in [3.05, 3.63) is 52.5 Å². The van der Waals surface area contributed by atoms with Crippen molar-refractivity contribution in [1.29, 1.82) is 0 Å². The minimum Gasteiger partial charge on any atom is -0.493 e. The smallest absolute Gasteiger partial charge is 0.230 e. The van der Waals surface area contributed by atoms with E-state index < -0.39 is 5.41 Å². The Morgan fingerprint density at radius 2 is 1.65 bits per heavy atom. The van der Waals surface area contributed by atoms with Crippen LogP contribution in [0.25, 0.3) is 0 Å². The highest BCUT2D eigenvalue weighted by atomic mass is 35.5. The molecule has 0 aliphatic heterocycles. The van der Waals surface area contributed by atoms with Crippen LogP contribution in [0.1, 0.15) is 24.0 Å². The van der Waals surface area contributed by atoms with Gasteiger partial charge in [-0.25, -0.2) is 0 Å². The monoisotopic (exact) mass is 375 g/mol.